The Kier molecular flexibility index (Phi) is 4.13. The van der Waals surface area contributed by atoms with Crippen molar-refractivity contribution in [3.63, 3.8) is 0 Å². The van der Waals surface area contributed by atoms with E-state index in [1.54, 1.807) is 0 Å². The fourth-order valence-corrected chi connectivity index (χ4v) is 2.49. The zero-order chi connectivity index (χ0) is 14.8. The zero-order valence-electron chi connectivity index (χ0n) is 11.6. The van der Waals surface area contributed by atoms with Crippen LogP contribution in [0.4, 0.5) is 4.39 Å². The molecule has 20 heavy (non-hydrogen) atoms. The van der Waals surface area contributed by atoms with Gasteiger partial charge < -0.3 is 5.32 Å². The highest BCUT2D eigenvalue weighted by Gasteiger charge is 2.17. The minimum absolute atomic E-state index is 0.00869. The normalized spacial score (nSPS) is 11.4. The van der Waals surface area contributed by atoms with E-state index in [4.69, 9.17) is 0 Å². The van der Waals surface area contributed by atoms with Crippen molar-refractivity contribution in [2.45, 2.75) is 32.7 Å². The topological polar surface area (TPSA) is 54.9 Å². The summed E-state index contributed by atoms with van der Waals surface area (Å²) >= 11 is 1.50. The third-order valence-corrected chi connectivity index (χ3v) is 3.54. The molecule has 2 heterocycles. The number of carbonyl (C=O) groups is 1. The second kappa shape index (κ2) is 5.66. The fourth-order valence-electron chi connectivity index (χ4n) is 1.53. The number of thiazole rings is 1. The average molecular weight is 293 g/mol. The highest BCUT2D eigenvalue weighted by atomic mass is 32.1. The van der Waals surface area contributed by atoms with E-state index in [0.717, 1.165) is 23.0 Å². The number of aromatic nitrogens is 2. The molecule has 0 aromatic carbocycles. The lowest BCUT2D eigenvalue weighted by molar-refractivity contribution is 0.0950. The molecule has 0 atom stereocenters. The summed E-state index contributed by atoms with van der Waals surface area (Å²) in [4.78, 5) is 20.0. The largest absolute Gasteiger partial charge is 0.345 e. The number of carbonyl (C=O) groups excluding carboxylic acids is 1. The van der Waals surface area contributed by atoms with Crippen molar-refractivity contribution in [2.24, 2.45) is 0 Å². The van der Waals surface area contributed by atoms with E-state index in [1.165, 1.54) is 17.5 Å². The van der Waals surface area contributed by atoms with Gasteiger partial charge in [-0.1, -0.05) is 20.8 Å². The Morgan fingerprint density at radius 2 is 2.15 bits per heavy atom. The van der Waals surface area contributed by atoms with Gasteiger partial charge in [-0.25, -0.2) is 9.37 Å². The summed E-state index contributed by atoms with van der Waals surface area (Å²) < 4.78 is 13.0. The van der Waals surface area contributed by atoms with E-state index in [-0.39, 0.29) is 16.9 Å². The van der Waals surface area contributed by atoms with Crippen LogP contribution >= 0.6 is 11.3 Å². The molecule has 2 rings (SSSR count). The zero-order valence-corrected chi connectivity index (χ0v) is 12.4. The molecule has 0 saturated heterocycles. The fraction of sp³-hybridized carbons (Fsp3) is 0.357. The Morgan fingerprint density at radius 1 is 1.40 bits per heavy atom. The predicted molar refractivity (Wildman–Crippen MR) is 76.2 cm³/mol. The van der Waals surface area contributed by atoms with Crippen LogP contribution in [0.5, 0.6) is 0 Å². The number of hydrogen-bond acceptors (Lipinski definition) is 4. The Labute approximate surface area is 121 Å². The number of pyridine rings is 1. The predicted octanol–water partition coefficient (Wildman–Crippen LogP) is 2.90. The molecule has 0 aliphatic heterocycles. The van der Waals surface area contributed by atoms with Gasteiger partial charge in [0.1, 0.15) is 10.8 Å². The lowest BCUT2D eigenvalue weighted by Crippen LogP contribution is -2.23. The summed E-state index contributed by atoms with van der Waals surface area (Å²) in [6, 6.07) is 1.16. The molecule has 1 amide bonds. The molecule has 0 unspecified atom stereocenters. The summed E-state index contributed by atoms with van der Waals surface area (Å²) in [5.74, 6) is -0.883. The van der Waals surface area contributed by atoms with Gasteiger partial charge in [-0.2, -0.15) is 0 Å². The van der Waals surface area contributed by atoms with E-state index < -0.39 is 5.82 Å². The summed E-state index contributed by atoms with van der Waals surface area (Å²) in [7, 11) is 0. The first-order chi connectivity index (χ1) is 9.36. The molecule has 4 nitrogen and oxygen atoms in total. The van der Waals surface area contributed by atoms with Crippen LogP contribution in [0.3, 0.4) is 0 Å². The molecule has 6 heteroatoms. The van der Waals surface area contributed by atoms with Crippen LogP contribution in [-0.4, -0.2) is 15.9 Å². The van der Waals surface area contributed by atoms with Crippen LogP contribution in [0.25, 0.3) is 0 Å². The van der Waals surface area contributed by atoms with Crippen LogP contribution in [-0.2, 0) is 12.0 Å². The van der Waals surface area contributed by atoms with Gasteiger partial charge in [0, 0.05) is 17.0 Å². The van der Waals surface area contributed by atoms with Gasteiger partial charge in [0.25, 0.3) is 5.91 Å². The number of rotatable bonds is 3. The first-order valence-electron chi connectivity index (χ1n) is 6.20. The Hall–Kier alpha value is -1.82. The number of amides is 1. The van der Waals surface area contributed by atoms with Crippen LogP contribution in [0.1, 0.15) is 41.8 Å². The third kappa shape index (κ3) is 3.60. The molecule has 0 spiro atoms. The number of hydrogen-bond donors (Lipinski definition) is 1. The number of nitrogens with zero attached hydrogens (tertiary/aromatic N) is 2. The van der Waals surface area contributed by atoms with Crippen molar-refractivity contribution in [3.05, 3.63) is 45.9 Å². The number of nitrogens with one attached hydrogen (secondary N) is 1. The summed E-state index contributed by atoms with van der Waals surface area (Å²) in [5, 5.41) is 5.53. The van der Waals surface area contributed by atoms with E-state index in [2.05, 4.69) is 36.1 Å². The summed E-state index contributed by atoms with van der Waals surface area (Å²) in [6.45, 7) is 6.59. The van der Waals surface area contributed by atoms with Gasteiger partial charge in [0.15, 0.2) is 0 Å². The van der Waals surface area contributed by atoms with E-state index in [0.29, 0.717) is 6.54 Å². The first-order valence-corrected chi connectivity index (χ1v) is 7.08. The second-order valence-electron chi connectivity index (χ2n) is 5.45. The Morgan fingerprint density at radius 3 is 2.75 bits per heavy atom. The van der Waals surface area contributed by atoms with Crippen molar-refractivity contribution < 1.29 is 9.18 Å². The SMILES string of the molecule is CC(C)(C)c1csc(CNC(=O)c2cncc(F)c2)n1. The van der Waals surface area contributed by atoms with Crippen LogP contribution in [0.15, 0.2) is 23.8 Å². The molecule has 1 N–H and O–H groups in total. The molecule has 0 fully saturated rings. The van der Waals surface area contributed by atoms with Gasteiger partial charge in [-0.3, -0.25) is 9.78 Å². The Balaban J connectivity index is 1.99. The molecule has 0 saturated carbocycles. The van der Waals surface area contributed by atoms with Crippen molar-refractivity contribution in [1.82, 2.24) is 15.3 Å². The molecule has 106 valence electrons. The molecule has 0 radical (unpaired) electrons. The van der Waals surface area contributed by atoms with Crippen molar-refractivity contribution in [1.29, 1.82) is 0 Å². The summed E-state index contributed by atoms with van der Waals surface area (Å²) in [6.07, 6.45) is 2.40. The minimum atomic E-state index is -0.526. The lowest BCUT2D eigenvalue weighted by atomic mass is 9.93. The van der Waals surface area contributed by atoms with E-state index in [1.807, 2.05) is 5.38 Å². The quantitative estimate of drug-likeness (QED) is 0.946. The Bertz CT molecular complexity index is 619. The monoisotopic (exact) mass is 293 g/mol. The average Bonchev–Trinajstić information content (AvgIpc) is 2.84. The minimum Gasteiger partial charge on any atom is -0.345 e. The van der Waals surface area contributed by atoms with Crippen molar-refractivity contribution >= 4 is 17.2 Å². The van der Waals surface area contributed by atoms with Crippen LogP contribution in [0.2, 0.25) is 0 Å². The third-order valence-electron chi connectivity index (χ3n) is 2.69. The number of halogens is 1. The van der Waals surface area contributed by atoms with Crippen molar-refractivity contribution in [2.75, 3.05) is 0 Å². The molecule has 2 aromatic rings. The van der Waals surface area contributed by atoms with E-state index in [9.17, 15) is 9.18 Å². The highest BCUT2D eigenvalue weighted by Crippen LogP contribution is 2.23. The van der Waals surface area contributed by atoms with Crippen molar-refractivity contribution in [3.8, 4) is 0 Å². The van der Waals surface area contributed by atoms with Gasteiger partial charge in [-0.05, 0) is 6.07 Å². The molecular formula is C14H16FN3OS. The van der Waals surface area contributed by atoms with Crippen LogP contribution in [0, 0.1) is 5.82 Å². The maximum Gasteiger partial charge on any atom is 0.253 e. The molecule has 0 aliphatic carbocycles. The van der Waals surface area contributed by atoms with Gasteiger partial charge in [0.2, 0.25) is 0 Å². The first kappa shape index (κ1) is 14.6. The van der Waals surface area contributed by atoms with Crippen LogP contribution < -0.4 is 5.32 Å². The van der Waals surface area contributed by atoms with Gasteiger partial charge >= 0.3 is 0 Å². The van der Waals surface area contributed by atoms with Gasteiger partial charge in [0.05, 0.1) is 24.0 Å². The molecular weight excluding hydrogens is 277 g/mol. The summed E-state index contributed by atoms with van der Waals surface area (Å²) in [5.41, 5.74) is 1.20. The highest BCUT2D eigenvalue weighted by molar-refractivity contribution is 7.09. The van der Waals surface area contributed by atoms with Gasteiger partial charge in [-0.15, -0.1) is 11.3 Å². The maximum atomic E-state index is 13.0. The lowest BCUT2D eigenvalue weighted by Gasteiger charge is -2.14. The molecule has 2 aromatic heterocycles. The molecule has 0 aliphatic rings. The second-order valence-corrected chi connectivity index (χ2v) is 6.39. The van der Waals surface area contributed by atoms with E-state index >= 15 is 0 Å². The molecule has 0 bridgehead atoms. The maximum absolute atomic E-state index is 13.0. The smallest absolute Gasteiger partial charge is 0.253 e. The standard InChI is InChI=1S/C14H16FN3OS/c1-14(2,3)11-8-20-12(18-11)7-17-13(19)9-4-10(15)6-16-5-9/h4-6,8H,7H2,1-3H3,(H,17,19).